The standard InChI is InChI=1S/C32H49N/c1-3-5-7-8-9-11-13-30-22-25-32(33-26-30)31-23-20-29(21-24-31)19-18-28-16-14-27(15-17-28)12-10-6-4-2/h20-28H,3-19H2,1-2H3/t27-,28-. The Morgan fingerprint density at radius 1 is 0.606 bits per heavy atom. The van der Waals surface area contributed by atoms with E-state index in [2.05, 4.69) is 56.4 Å². The van der Waals surface area contributed by atoms with E-state index < -0.39 is 0 Å². The molecule has 0 N–H and O–H groups in total. The third-order valence-corrected chi connectivity index (χ3v) is 7.92. The predicted molar refractivity (Wildman–Crippen MR) is 145 cm³/mol. The minimum atomic E-state index is 0.952. The number of aromatic nitrogens is 1. The van der Waals surface area contributed by atoms with Crippen LogP contribution < -0.4 is 0 Å². The fourth-order valence-electron chi connectivity index (χ4n) is 5.56. The average molecular weight is 448 g/mol. The highest BCUT2D eigenvalue weighted by molar-refractivity contribution is 5.59. The molecule has 0 amide bonds. The highest BCUT2D eigenvalue weighted by atomic mass is 14.7. The minimum absolute atomic E-state index is 0.952. The number of unbranched alkanes of at least 4 members (excludes halogenated alkanes) is 7. The summed E-state index contributed by atoms with van der Waals surface area (Å²) in [7, 11) is 0. The van der Waals surface area contributed by atoms with E-state index in [1.54, 1.807) is 0 Å². The topological polar surface area (TPSA) is 12.9 Å². The molecule has 0 aliphatic heterocycles. The van der Waals surface area contributed by atoms with Crippen molar-refractivity contribution in [3.63, 3.8) is 0 Å². The first-order valence-corrected chi connectivity index (χ1v) is 14.3. The molecule has 0 atom stereocenters. The molecule has 0 saturated heterocycles. The maximum atomic E-state index is 4.76. The Kier molecular flexibility index (Phi) is 12.1. The van der Waals surface area contributed by atoms with Crippen LogP contribution in [0.4, 0.5) is 0 Å². The van der Waals surface area contributed by atoms with Crippen molar-refractivity contribution in [2.45, 2.75) is 123 Å². The van der Waals surface area contributed by atoms with Gasteiger partial charge in [0, 0.05) is 11.8 Å². The van der Waals surface area contributed by atoms with Gasteiger partial charge in [-0.3, -0.25) is 4.98 Å². The van der Waals surface area contributed by atoms with Crippen molar-refractivity contribution < 1.29 is 0 Å². The summed E-state index contributed by atoms with van der Waals surface area (Å²) in [5, 5.41) is 0. The van der Waals surface area contributed by atoms with Gasteiger partial charge < -0.3 is 0 Å². The second kappa shape index (κ2) is 15.3. The first kappa shape index (κ1) is 26.0. The second-order valence-corrected chi connectivity index (χ2v) is 10.7. The Morgan fingerprint density at radius 3 is 1.88 bits per heavy atom. The van der Waals surface area contributed by atoms with Crippen molar-refractivity contribution in [2.75, 3.05) is 0 Å². The van der Waals surface area contributed by atoms with E-state index in [1.807, 2.05) is 0 Å². The SMILES string of the molecule is CCCCCCCCc1ccc(-c2ccc(CC[C@H]3CC[C@H](CCCCC)CC3)cc2)nc1. The zero-order valence-electron chi connectivity index (χ0n) is 21.7. The van der Waals surface area contributed by atoms with Gasteiger partial charge in [0.25, 0.3) is 0 Å². The van der Waals surface area contributed by atoms with Crippen molar-refractivity contribution in [1.29, 1.82) is 0 Å². The molecule has 1 aliphatic carbocycles. The van der Waals surface area contributed by atoms with E-state index in [-0.39, 0.29) is 0 Å². The molecule has 1 heteroatoms. The molecule has 1 saturated carbocycles. The van der Waals surface area contributed by atoms with Crippen LogP contribution in [-0.2, 0) is 12.8 Å². The first-order chi connectivity index (χ1) is 16.3. The number of pyridine rings is 1. The molecule has 1 aromatic carbocycles. The third kappa shape index (κ3) is 9.63. The minimum Gasteiger partial charge on any atom is -0.256 e. The summed E-state index contributed by atoms with van der Waals surface area (Å²) in [5.74, 6) is 1.98. The molecular weight excluding hydrogens is 398 g/mol. The van der Waals surface area contributed by atoms with Crippen LogP contribution in [0.25, 0.3) is 11.3 Å². The predicted octanol–water partition coefficient (Wildman–Crippen LogP) is 9.97. The Balaban J connectivity index is 1.36. The monoisotopic (exact) mass is 447 g/mol. The molecule has 0 bridgehead atoms. The molecule has 3 rings (SSSR count). The van der Waals surface area contributed by atoms with Crippen LogP contribution in [-0.4, -0.2) is 4.98 Å². The maximum absolute atomic E-state index is 4.76. The van der Waals surface area contributed by atoms with Crippen molar-refractivity contribution in [3.05, 3.63) is 53.7 Å². The lowest BCUT2D eigenvalue weighted by molar-refractivity contribution is 0.249. The lowest BCUT2D eigenvalue weighted by Gasteiger charge is -2.28. The Hall–Kier alpha value is -1.63. The van der Waals surface area contributed by atoms with Gasteiger partial charge in [-0.25, -0.2) is 0 Å². The van der Waals surface area contributed by atoms with Gasteiger partial charge in [-0.1, -0.05) is 128 Å². The molecule has 1 aliphatic rings. The molecule has 1 nitrogen and oxygen atoms in total. The van der Waals surface area contributed by atoms with E-state index >= 15 is 0 Å². The molecule has 0 radical (unpaired) electrons. The first-order valence-electron chi connectivity index (χ1n) is 14.3. The summed E-state index contributed by atoms with van der Waals surface area (Å²) in [6.07, 6.45) is 25.6. The van der Waals surface area contributed by atoms with Crippen molar-refractivity contribution in [1.82, 2.24) is 4.98 Å². The third-order valence-electron chi connectivity index (χ3n) is 7.92. The summed E-state index contributed by atoms with van der Waals surface area (Å²) in [6, 6.07) is 13.7. The van der Waals surface area contributed by atoms with Crippen LogP contribution in [0.1, 0.15) is 121 Å². The van der Waals surface area contributed by atoms with E-state index in [4.69, 9.17) is 4.98 Å². The largest absolute Gasteiger partial charge is 0.256 e. The lowest BCUT2D eigenvalue weighted by Crippen LogP contribution is -2.15. The van der Waals surface area contributed by atoms with Crippen LogP contribution in [0.15, 0.2) is 42.6 Å². The van der Waals surface area contributed by atoms with Gasteiger partial charge in [0.2, 0.25) is 0 Å². The highest BCUT2D eigenvalue weighted by Crippen LogP contribution is 2.34. The number of rotatable bonds is 15. The number of hydrogen-bond donors (Lipinski definition) is 0. The van der Waals surface area contributed by atoms with E-state index in [0.29, 0.717) is 0 Å². The molecule has 33 heavy (non-hydrogen) atoms. The zero-order valence-corrected chi connectivity index (χ0v) is 21.7. The number of nitrogens with zero attached hydrogens (tertiary/aromatic N) is 1. The van der Waals surface area contributed by atoms with Gasteiger partial charge in [-0.05, 0) is 54.7 Å². The zero-order chi connectivity index (χ0) is 23.1. The normalized spacial score (nSPS) is 18.5. The molecular formula is C32H49N. The van der Waals surface area contributed by atoms with Crippen molar-refractivity contribution in [3.8, 4) is 11.3 Å². The molecule has 1 fully saturated rings. The van der Waals surface area contributed by atoms with Crippen LogP contribution >= 0.6 is 0 Å². The highest BCUT2D eigenvalue weighted by Gasteiger charge is 2.20. The number of hydrogen-bond acceptors (Lipinski definition) is 1. The number of benzene rings is 1. The second-order valence-electron chi connectivity index (χ2n) is 10.7. The van der Waals surface area contributed by atoms with Gasteiger partial charge in [-0.2, -0.15) is 0 Å². The Bertz CT molecular complexity index is 737. The van der Waals surface area contributed by atoms with Gasteiger partial charge in [0.1, 0.15) is 0 Å². The van der Waals surface area contributed by atoms with E-state index in [0.717, 1.165) is 17.5 Å². The maximum Gasteiger partial charge on any atom is 0.0702 e. The number of aryl methyl sites for hydroxylation is 2. The Labute approximate surface area is 204 Å². The van der Waals surface area contributed by atoms with Crippen molar-refractivity contribution in [2.24, 2.45) is 11.8 Å². The fraction of sp³-hybridized carbons (Fsp3) is 0.656. The fourth-order valence-corrected chi connectivity index (χ4v) is 5.56. The molecule has 1 aromatic heterocycles. The van der Waals surface area contributed by atoms with E-state index in [1.165, 1.54) is 126 Å². The van der Waals surface area contributed by atoms with Gasteiger partial charge in [0.05, 0.1) is 5.69 Å². The molecule has 0 unspecified atom stereocenters. The van der Waals surface area contributed by atoms with Crippen LogP contribution in [0.3, 0.4) is 0 Å². The van der Waals surface area contributed by atoms with Crippen molar-refractivity contribution >= 4 is 0 Å². The summed E-state index contributed by atoms with van der Waals surface area (Å²) >= 11 is 0. The summed E-state index contributed by atoms with van der Waals surface area (Å²) in [6.45, 7) is 4.59. The summed E-state index contributed by atoms with van der Waals surface area (Å²) < 4.78 is 0. The molecule has 182 valence electrons. The van der Waals surface area contributed by atoms with Crippen LogP contribution in [0.5, 0.6) is 0 Å². The van der Waals surface area contributed by atoms with Crippen LogP contribution in [0, 0.1) is 11.8 Å². The Morgan fingerprint density at radius 2 is 1.21 bits per heavy atom. The van der Waals surface area contributed by atoms with Gasteiger partial charge in [0.15, 0.2) is 0 Å². The molecule has 1 heterocycles. The van der Waals surface area contributed by atoms with E-state index in [9.17, 15) is 0 Å². The van der Waals surface area contributed by atoms with Crippen LogP contribution in [0.2, 0.25) is 0 Å². The quantitative estimate of drug-likeness (QED) is 0.247. The molecule has 0 spiro atoms. The lowest BCUT2D eigenvalue weighted by atomic mass is 9.78. The van der Waals surface area contributed by atoms with Gasteiger partial charge >= 0.3 is 0 Å². The van der Waals surface area contributed by atoms with Gasteiger partial charge in [-0.15, -0.1) is 0 Å². The summed E-state index contributed by atoms with van der Waals surface area (Å²) in [5.41, 5.74) is 5.22. The summed E-state index contributed by atoms with van der Waals surface area (Å²) in [4.78, 5) is 4.76. The smallest absolute Gasteiger partial charge is 0.0702 e. The average Bonchev–Trinajstić information content (AvgIpc) is 2.86. The molecule has 2 aromatic rings.